The van der Waals surface area contributed by atoms with Crippen molar-refractivity contribution < 1.29 is 32.4 Å². The van der Waals surface area contributed by atoms with Gasteiger partial charge in [0.1, 0.15) is 6.04 Å². The highest BCUT2D eigenvalue weighted by Crippen LogP contribution is 2.31. The number of carbonyl (C=O) groups is 2. The molecule has 1 saturated heterocycles. The van der Waals surface area contributed by atoms with Gasteiger partial charge in [-0.15, -0.1) is 0 Å². The lowest BCUT2D eigenvalue weighted by Gasteiger charge is -2.34. The Kier molecular flexibility index (Phi) is 10.8. The van der Waals surface area contributed by atoms with Crippen molar-refractivity contribution in [1.82, 2.24) is 10.2 Å². The number of aryl methyl sites for hydroxylation is 1. The van der Waals surface area contributed by atoms with E-state index in [0.29, 0.717) is 36.1 Å². The van der Waals surface area contributed by atoms with E-state index in [9.17, 15) is 27.8 Å². The lowest BCUT2D eigenvalue weighted by atomic mass is 9.78. The summed E-state index contributed by atoms with van der Waals surface area (Å²) >= 11 is 0. The van der Waals surface area contributed by atoms with Gasteiger partial charge in [0.05, 0.1) is 17.2 Å². The number of amides is 2. The van der Waals surface area contributed by atoms with Crippen LogP contribution in [0.25, 0.3) is 0 Å². The fourth-order valence-corrected chi connectivity index (χ4v) is 5.87. The summed E-state index contributed by atoms with van der Waals surface area (Å²) in [5.74, 6) is -1.04. The van der Waals surface area contributed by atoms with Crippen LogP contribution in [-0.2, 0) is 32.4 Å². The number of likely N-dealkylation sites (tertiary alicyclic amines) is 1. The van der Waals surface area contributed by atoms with Gasteiger partial charge >= 0.3 is 13.3 Å². The second kappa shape index (κ2) is 14.0. The Morgan fingerprint density at radius 3 is 2.39 bits per heavy atom. The molecule has 0 aromatic heterocycles. The maximum Gasteiger partial charge on any atom is 0.492 e. The predicted octanol–water partition coefficient (Wildman–Crippen LogP) is 1.18. The Labute approximate surface area is 256 Å². The van der Waals surface area contributed by atoms with Crippen LogP contribution in [-0.4, -0.2) is 72.7 Å². The second-order valence-electron chi connectivity index (χ2n) is 12.3. The molecule has 0 aliphatic carbocycles. The minimum atomic E-state index is -4.46. The SMILES string of the molecule is CC1(C)OB(O)c2cc(NC(=O)[C@@H](CCc3ccc(C(F)(F)F)cc3)NC(=O)[C@@H](N)CCCN3C[C@H](N)C[C@H](N)C3)ccc21. The second-order valence-corrected chi connectivity index (χ2v) is 12.3. The summed E-state index contributed by atoms with van der Waals surface area (Å²) in [5.41, 5.74) is 19.1. The summed E-state index contributed by atoms with van der Waals surface area (Å²) < 4.78 is 44.6. The molecule has 10 nitrogen and oxygen atoms in total. The normalized spacial score (nSPS) is 21.4. The number of fused-ring (bicyclic) bond motifs is 1. The van der Waals surface area contributed by atoms with Crippen LogP contribution >= 0.6 is 0 Å². The monoisotopic (exact) mass is 618 g/mol. The van der Waals surface area contributed by atoms with Crippen LogP contribution in [0.2, 0.25) is 0 Å². The van der Waals surface area contributed by atoms with Crippen molar-refractivity contribution in [3.05, 3.63) is 59.2 Å². The van der Waals surface area contributed by atoms with Crippen LogP contribution in [0.3, 0.4) is 0 Å². The van der Waals surface area contributed by atoms with Gasteiger partial charge in [0.15, 0.2) is 0 Å². The fraction of sp³-hybridized carbons (Fsp3) is 0.533. The van der Waals surface area contributed by atoms with E-state index >= 15 is 0 Å². The first-order valence-electron chi connectivity index (χ1n) is 14.9. The molecular formula is C30H42BF3N6O4. The molecule has 4 rings (SSSR count). The molecule has 0 bridgehead atoms. The number of hydrogen-bond donors (Lipinski definition) is 6. The highest BCUT2D eigenvalue weighted by molar-refractivity contribution is 6.62. The zero-order valence-electron chi connectivity index (χ0n) is 25.1. The number of rotatable bonds is 11. The van der Waals surface area contributed by atoms with E-state index in [1.165, 1.54) is 12.1 Å². The highest BCUT2D eigenvalue weighted by Gasteiger charge is 2.40. The van der Waals surface area contributed by atoms with E-state index in [1.807, 2.05) is 13.8 Å². The number of nitrogens with zero attached hydrogens (tertiary/aromatic N) is 1. The molecule has 2 heterocycles. The van der Waals surface area contributed by atoms with Crippen LogP contribution < -0.4 is 33.3 Å². The van der Waals surface area contributed by atoms with Gasteiger partial charge in [-0.05, 0) is 93.4 Å². The van der Waals surface area contributed by atoms with E-state index in [-0.39, 0.29) is 24.9 Å². The first-order valence-corrected chi connectivity index (χ1v) is 14.9. The first kappa shape index (κ1) is 33.9. The molecule has 2 amide bonds. The van der Waals surface area contributed by atoms with Crippen molar-refractivity contribution in [1.29, 1.82) is 0 Å². The van der Waals surface area contributed by atoms with E-state index in [4.69, 9.17) is 21.9 Å². The third kappa shape index (κ3) is 8.80. The fourth-order valence-electron chi connectivity index (χ4n) is 5.87. The smallest absolute Gasteiger partial charge is 0.423 e. The van der Waals surface area contributed by atoms with Crippen molar-refractivity contribution in [3.8, 4) is 0 Å². The van der Waals surface area contributed by atoms with Crippen LogP contribution in [0.4, 0.5) is 18.9 Å². The van der Waals surface area contributed by atoms with Gasteiger partial charge in [-0.1, -0.05) is 18.2 Å². The van der Waals surface area contributed by atoms with E-state index in [1.54, 1.807) is 18.2 Å². The molecule has 0 spiro atoms. The lowest BCUT2D eigenvalue weighted by Crippen LogP contribution is -2.52. The molecule has 240 valence electrons. The number of benzene rings is 2. The molecule has 0 saturated carbocycles. The number of carbonyl (C=O) groups excluding carboxylic acids is 2. The summed E-state index contributed by atoms with van der Waals surface area (Å²) in [7, 11) is -1.15. The molecule has 14 heteroatoms. The standard InChI is InChI=1S/C30H42BF3N6O4/c1-29(2)23-11-10-22(15-24(23)31(43)44-29)38-28(42)26(12-7-18-5-8-19(9-6-18)30(32,33)34)39-27(41)25(37)4-3-13-40-16-20(35)14-21(36)17-40/h5-6,8-11,15,20-21,25-26,43H,3-4,7,12-14,16-17,35-37H2,1-2H3,(H,38,42)(H,39,41)/t20-,21+,25-,26+/m0/s1. The quantitative estimate of drug-likeness (QED) is 0.204. The Balaban J connectivity index is 1.41. The van der Waals surface area contributed by atoms with Gasteiger partial charge < -0.3 is 42.4 Å². The summed E-state index contributed by atoms with van der Waals surface area (Å²) in [6.45, 7) is 5.79. The molecule has 1 fully saturated rings. The summed E-state index contributed by atoms with van der Waals surface area (Å²) in [6, 6.07) is 7.85. The Morgan fingerprint density at radius 1 is 1.09 bits per heavy atom. The van der Waals surface area contributed by atoms with Gasteiger partial charge in [-0.2, -0.15) is 13.2 Å². The van der Waals surface area contributed by atoms with Crippen molar-refractivity contribution >= 4 is 30.1 Å². The third-order valence-electron chi connectivity index (χ3n) is 8.19. The molecule has 0 radical (unpaired) electrons. The number of anilines is 1. The number of hydrogen-bond acceptors (Lipinski definition) is 8. The van der Waals surface area contributed by atoms with Gasteiger partial charge in [0.2, 0.25) is 11.8 Å². The Hall–Kier alpha value is -3.01. The Morgan fingerprint density at radius 2 is 1.75 bits per heavy atom. The van der Waals surface area contributed by atoms with E-state index < -0.39 is 48.4 Å². The molecule has 2 aromatic rings. The summed E-state index contributed by atoms with van der Waals surface area (Å²) in [6.07, 6.45) is -2.34. The van der Waals surface area contributed by atoms with Gasteiger partial charge in [0.25, 0.3) is 0 Å². The Bertz CT molecular complexity index is 1300. The summed E-state index contributed by atoms with van der Waals surface area (Å²) in [4.78, 5) is 28.7. The lowest BCUT2D eigenvalue weighted by molar-refractivity contribution is -0.137. The minimum absolute atomic E-state index is 0.00705. The molecule has 4 atom stereocenters. The maximum absolute atomic E-state index is 13.4. The van der Waals surface area contributed by atoms with Crippen LogP contribution in [0.1, 0.15) is 56.2 Å². The van der Waals surface area contributed by atoms with Crippen molar-refractivity contribution in [2.24, 2.45) is 17.2 Å². The molecule has 2 aromatic carbocycles. The van der Waals surface area contributed by atoms with Crippen LogP contribution in [0, 0.1) is 0 Å². The third-order valence-corrected chi connectivity index (χ3v) is 8.19. The number of nitrogens with one attached hydrogen (secondary N) is 2. The van der Waals surface area contributed by atoms with E-state index in [0.717, 1.165) is 37.2 Å². The zero-order chi connectivity index (χ0) is 32.2. The summed E-state index contributed by atoms with van der Waals surface area (Å²) in [5, 5.41) is 15.9. The molecule has 0 unspecified atom stereocenters. The average Bonchev–Trinajstić information content (AvgIpc) is 3.17. The molecule has 2 aliphatic heterocycles. The number of nitrogens with two attached hydrogens (primary N) is 3. The predicted molar refractivity (Wildman–Crippen MR) is 163 cm³/mol. The van der Waals surface area contributed by atoms with E-state index in [2.05, 4.69) is 15.5 Å². The van der Waals surface area contributed by atoms with Gasteiger partial charge in [0, 0.05) is 30.9 Å². The van der Waals surface area contributed by atoms with Gasteiger partial charge in [-0.25, -0.2) is 0 Å². The molecular weight excluding hydrogens is 576 g/mol. The number of piperidine rings is 1. The first-order chi connectivity index (χ1) is 20.6. The molecule has 44 heavy (non-hydrogen) atoms. The van der Waals surface area contributed by atoms with Gasteiger partial charge in [-0.3, -0.25) is 9.59 Å². The van der Waals surface area contributed by atoms with Crippen LogP contribution in [0.15, 0.2) is 42.5 Å². The zero-order valence-corrected chi connectivity index (χ0v) is 25.1. The topological polar surface area (TPSA) is 169 Å². The minimum Gasteiger partial charge on any atom is -0.423 e. The molecule has 9 N–H and O–H groups in total. The van der Waals surface area contributed by atoms with Crippen molar-refractivity contribution in [2.45, 2.75) is 81.9 Å². The number of halogens is 3. The number of alkyl halides is 3. The van der Waals surface area contributed by atoms with Crippen molar-refractivity contribution in [3.63, 3.8) is 0 Å². The average molecular weight is 619 g/mol. The van der Waals surface area contributed by atoms with Crippen LogP contribution in [0.5, 0.6) is 0 Å². The largest absolute Gasteiger partial charge is 0.492 e. The molecule has 2 aliphatic rings. The van der Waals surface area contributed by atoms with Crippen molar-refractivity contribution in [2.75, 3.05) is 25.0 Å². The highest BCUT2D eigenvalue weighted by atomic mass is 19.4. The maximum atomic E-state index is 13.4.